The highest BCUT2D eigenvalue weighted by atomic mass is 16.6. The fourth-order valence-corrected chi connectivity index (χ4v) is 4.66. The van der Waals surface area contributed by atoms with E-state index < -0.39 is 6.09 Å². The molecule has 1 aliphatic rings. The van der Waals surface area contributed by atoms with Crippen molar-refractivity contribution in [2.45, 2.75) is 25.8 Å². The summed E-state index contributed by atoms with van der Waals surface area (Å²) >= 11 is 0. The maximum absolute atomic E-state index is 13.4. The molecule has 1 fully saturated rings. The SMILES string of the molecule is O=C(CNCCOC(=O)N(c1ccccc1-c1ccccc1)N1CCCCC1)c1ccc(CNCCO)cc1. The number of aliphatic hydroxyl groups excluding tert-OH is 1. The highest BCUT2D eigenvalue weighted by Gasteiger charge is 2.28. The largest absolute Gasteiger partial charge is 0.447 e. The quantitative estimate of drug-likeness (QED) is 0.225. The number of Topliss-reactive ketones (excluding diaryl/α,β-unsaturated/α-hetero) is 1. The average Bonchev–Trinajstić information content (AvgIpc) is 2.99. The maximum atomic E-state index is 13.4. The molecule has 0 spiro atoms. The van der Waals surface area contributed by atoms with E-state index in [1.165, 1.54) is 0 Å². The second-order valence-electron chi connectivity index (χ2n) is 9.52. The van der Waals surface area contributed by atoms with E-state index in [4.69, 9.17) is 9.84 Å². The van der Waals surface area contributed by atoms with Gasteiger partial charge in [0.25, 0.3) is 0 Å². The summed E-state index contributed by atoms with van der Waals surface area (Å²) in [6.07, 6.45) is 2.79. The lowest BCUT2D eigenvalue weighted by atomic mass is 10.0. The Morgan fingerprint density at radius 3 is 2.31 bits per heavy atom. The molecule has 0 aliphatic carbocycles. The number of hydrogen-bond acceptors (Lipinski definition) is 7. The van der Waals surface area contributed by atoms with E-state index in [9.17, 15) is 9.59 Å². The molecule has 1 amide bonds. The fourth-order valence-electron chi connectivity index (χ4n) is 4.66. The van der Waals surface area contributed by atoms with Gasteiger partial charge in [0, 0.05) is 43.9 Å². The third kappa shape index (κ3) is 8.21. The number of hydrazine groups is 1. The van der Waals surface area contributed by atoms with Crippen molar-refractivity contribution in [3.8, 4) is 11.1 Å². The molecule has 3 aromatic carbocycles. The molecular weight excluding hydrogens is 492 g/mol. The van der Waals surface area contributed by atoms with Crippen LogP contribution in [-0.4, -0.2) is 67.9 Å². The van der Waals surface area contributed by atoms with Crippen LogP contribution in [0.15, 0.2) is 78.9 Å². The van der Waals surface area contributed by atoms with Crippen molar-refractivity contribution in [3.05, 3.63) is 90.0 Å². The number of carbonyl (C=O) groups is 2. The summed E-state index contributed by atoms with van der Waals surface area (Å²) in [5.41, 5.74) is 4.48. The maximum Gasteiger partial charge on any atom is 0.429 e. The zero-order valence-corrected chi connectivity index (χ0v) is 22.4. The molecule has 8 heteroatoms. The van der Waals surface area contributed by atoms with Crippen LogP contribution in [0, 0.1) is 0 Å². The fraction of sp³-hybridized carbons (Fsp3) is 0.355. The third-order valence-corrected chi connectivity index (χ3v) is 6.69. The number of benzene rings is 3. The Hall–Kier alpha value is -3.56. The zero-order chi connectivity index (χ0) is 27.3. The minimum absolute atomic E-state index is 0.0251. The number of carbonyl (C=O) groups excluding carboxylic acids is 2. The van der Waals surface area contributed by atoms with Gasteiger partial charge in [-0.25, -0.2) is 14.8 Å². The summed E-state index contributed by atoms with van der Waals surface area (Å²) in [5, 5.41) is 18.8. The van der Waals surface area contributed by atoms with E-state index in [1.807, 2.05) is 66.7 Å². The molecule has 1 heterocycles. The molecule has 0 unspecified atom stereocenters. The number of piperidine rings is 1. The predicted octanol–water partition coefficient (Wildman–Crippen LogP) is 4.25. The number of ketones is 1. The number of nitrogens with one attached hydrogen (secondary N) is 2. The van der Waals surface area contributed by atoms with Gasteiger partial charge >= 0.3 is 6.09 Å². The molecule has 39 heavy (non-hydrogen) atoms. The standard InChI is InChI=1S/C31H38N4O4/c36-21-17-32-23-25-13-15-27(16-14-25)30(37)24-33-18-22-39-31(38)35(34-19-7-2-8-20-34)29-12-6-5-11-28(29)26-9-3-1-4-10-26/h1,3-6,9-16,32-33,36H,2,7-8,17-24H2. The van der Waals surface area contributed by atoms with Crippen molar-refractivity contribution in [2.75, 3.05) is 50.9 Å². The number of aliphatic hydroxyl groups is 1. The molecule has 206 valence electrons. The van der Waals surface area contributed by atoms with E-state index in [0.29, 0.717) is 25.2 Å². The van der Waals surface area contributed by atoms with Crippen LogP contribution in [0.5, 0.6) is 0 Å². The smallest absolute Gasteiger partial charge is 0.429 e. The van der Waals surface area contributed by atoms with Gasteiger partial charge in [0.1, 0.15) is 6.61 Å². The Morgan fingerprint density at radius 1 is 0.846 bits per heavy atom. The van der Waals surface area contributed by atoms with Crippen molar-refractivity contribution < 1.29 is 19.4 Å². The van der Waals surface area contributed by atoms with E-state index in [-0.39, 0.29) is 25.5 Å². The lowest BCUT2D eigenvalue weighted by Crippen LogP contribution is -2.50. The molecule has 0 saturated carbocycles. The minimum atomic E-state index is -0.418. The van der Waals surface area contributed by atoms with Crippen LogP contribution >= 0.6 is 0 Å². The Morgan fingerprint density at radius 2 is 1.56 bits per heavy atom. The Balaban J connectivity index is 1.32. The van der Waals surface area contributed by atoms with Crippen LogP contribution in [0.2, 0.25) is 0 Å². The van der Waals surface area contributed by atoms with Crippen LogP contribution in [0.25, 0.3) is 11.1 Å². The highest BCUT2D eigenvalue weighted by Crippen LogP contribution is 2.33. The monoisotopic (exact) mass is 530 g/mol. The van der Waals surface area contributed by atoms with Gasteiger partial charge in [-0.3, -0.25) is 4.79 Å². The molecular formula is C31H38N4O4. The molecule has 3 N–H and O–H groups in total. The number of amides is 1. The molecule has 0 radical (unpaired) electrons. The van der Waals surface area contributed by atoms with Gasteiger partial charge < -0.3 is 20.5 Å². The second-order valence-corrected chi connectivity index (χ2v) is 9.52. The van der Waals surface area contributed by atoms with Crippen LogP contribution in [0.3, 0.4) is 0 Å². The van der Waals surface area contributed by atoms with E-state index in [1.54, 1.807) is 17.1 Å². The normalized spacial score (nSPS) is 13.7. The Labute approximate surface area is 230 Å². The lowest BCUT2D eigenvalue weighted by Gasteiger charge is -2.37. The first kappa shape index (κ1) is 28.4. The van der Waals surface area contributed by atoms with E-state index in [2.05, 4.69) is 15.6 Å². The summed E-state index contributed by atoms with van der Waals surface area (Å²) in [6, 6.07) is 25.4. The molecule has 0 aromatic heterocycles. The van der Waals surface area contributed by atoms with Crippen molar-refractivity contribution in [1.29, 1.82) is 0 Å². The number of anilines is 1. The van der Waals surface area contributed by atoms with Gasteiger partial charge in [0.2, 0.25) is 0 Å². The highest BCUT2D eigenvalue weighted by molar-refractivity contribution is 5.97. The predicted molar refractivity (Wildman–Crippen MR) is 154 cm³/mol. The summed E-state index contributed by atoms with van der Waals surface area (Å²) in [7, 11) is 0. The summed E-state index contributed by atoms with van der Waals surface area (Å²) in [6.45, 7) is 3.53. The van der Waals surface area contributed by atoms with Crippen LogP contribution in [0.1, 0.15) is 35.2 Å². The van der Waals surface area contributed by atoms with Gasteiger partial charge in [0.05, 0.1) is 18.8 Å². The second kappa shape index (κ2) is 15.1. The van der Waals surface area contributed by atoms with Crippen LogP contribution < -0.4 is 15.6 Å². The molecule has 8 nitrogen and oxygen atoms in total. The molecule has 1 saturated heterocycles. The molecule has 3 aromatic rings. The zero-order valence-electron chi connectivity index (χ0n) is 22.4. The van der Waals surface area contributed by atoms with Crippen molar-refractivity contribution in [3.63, 3.8) is 0 Å². The van der Waals surface area contributed by atoms with Crippen LogP contribution in [0.4, 0.5) is 10.5 Å². The Bertz CT molecular complexity index is 1180. The first-order valence-corrected chi connectivity index (χ1v) is 13.7. The van der Waals surface area contributed by atoms with E-state index >= 15 is 0 Å². The first-order valence-electron chi connectivity index (χ1n) is 13.7. The molecule has 1 aliphatic heterocycles. The Kier molecular flexibility index (Phi) is 11.0. The van der Waals surface area contributed by atoms with Crippen molar-refractivity contribution in [2.24, 2.45) is 0 Å². The number of para-hydroxylation sites is 1. The number of rotatable bonds is 13. The van der Waals surface area contributed by atoms with Gasteiger partial charge in [0.15, 0.2) is 5.78 Å². The minimum Gasteiger partial charge on any atom is -0.447 e. The van der Waals surface area contributed by atoms with Crippen molar-refractivity contribution in [1.82, 2.24) is 15.6 Å². The molecule has 0 bridgehead atoms. The topological polar surface area (TPSA) is 94.1 Å². The number of hydrogen-bond donors (Lipinski definition) is 3. The molecule has 4 rings (SSSR count). The summed E-state index contributed by atoms with van der Waals surface area (Å²) in [4.78, 5) is 26.0. The van der Waals surface area contributed by atoms with Crippen LogP contribution in [-0.2, 0) is 11.3 Å². The van der Waals surface area contributed by atoms with Gasteiger partial charge in [-0.05, 0) is 30.0 Å². The van der Waals surface area contributed by atoms with Gasteiger partial charge in [-0.1, -0.05) is 79.2 Å². The third-order valence-electron chi connectivity index (χ3n) is 6.69. The van der Waals surface area contributed by atoms with Gasteiger partial charge in [-0.15, -0.1) is 0 Å². The molecule has 0 atom stereocenters. The number of ether oxygens (including phenoxy) is 1. The number of nitrogens with zero attached hydrogens (tertiary/aromatic N) is 2. The van der Waals surface area contributed by atoms with Gasteiger partial charge in [-0.2, -0.15) is 0 Å². The summed E-state index contributed by atoms with van der Waals surface area (Å²) < 4.78 is 5.70. The average molecular weight is 531 g/mol. The lowest BCUT2D eigenvalue weighted by molar-refractivity contribution is 0.0986. The van der Waals surface area contributed by atoms with E-state index in [0.717, 1.165) is 54.7 Å². The van der Waals surface area contributed by atoms with Crippen molar-refractivity contribution >= 4 is 17.6 Å². The summed E-state index contributed by atoms with van der Waals surface area (Å²) in [5.74, 6) is -0.0251. The first-order chi connectivity index (χ1) is 19.2.